The summed E-state index contributed by atoms with van der Waals surface area (Å²) in [6, 6.07) is 15.4. The zero-order chi connectivity index (χ0) is 20.5. The average Bonchev–Trinajstić information content (AvgIpc) is 3.15. The van der Waals surface area contributed by atoms with E-state index in [4.69, 9.17) is 9.47 Å². The van der Waals surface area contributed by atoms with Gasteiger partial charge in [0.15, 0.2) is 0 Å². The monoisotopic (exact) mass is 408 g/mol. The number of rotatable bonds is 9. The molecule has 0 unspecified atom stereocenters. The number of para-hydroxylation sites is 1. The molecule has 0 aliphatic rings. The zero-order valence-corrected chi connectivity index (χ0v) is 17.4. The molecule has 0 saturated heterocycles. The Balaban J connectivity index is 1.38. The SMILES string of the molecule is Cc1nc(COc2ccc(/C=C/C(=O)NCCOc3ccccc3C)cc2)cs1. The summed E-state index contributed by atoms with van der Waals surface area (Å²) in [5.41, 5.74) is 2.93. The van der Waals surface area contributed by atoms with Gasteiger partial charge in [-0.2, -0.15) is 0 Å². The summed E-state index contributed by atoms with van der Waals surface area (Å²) in [4.78, 5) is 16.3. The van der Waals surface area contributed by atoms with Crippen molar-refractivity contribution in [1.29, 1.82) is 0 Å². The molecule has 1 N–H and O–H groups in total. The van der Waals surface area contributed by atoms with Crippen LogP contribution in [0.5, 0.6) is 11.5 Å². The highest BCUT2D eigenvalue weighted by Gasteiger charge is 2.01. The van der Waals surface area contributed by atoms with Gasteiger partial charge in [-0.1, -0.05) is 30.3 Å². The van der Waals surface area contributed by atoms with Crippen molar-refractivity contribution in [2.45, 2.75) is 20.5 Å². The third-order valence-electron chi connectivity index (χ3n) is 4.11. The molecule has 1 heterocycles. The number of aromatic nitrogens is 1. The molecule has 0 fully saturated rings. The van der Waals surface area contributed by atoms with Crippen molar-refractivity contribution in [2.75, 3.05) is 13.2 Å². The number of hydrogen-bond acceptors (Lipinski definition) is 5. The number of aryl methyl sites for hydroxylation is 2. The number of thiazole rings is 1. The van der Waals surface area contributed by atoms with Crippen LogP contribution in [0.15, 0.2) is 60.0 Å². The molecule has 0 atom stereocenters. The lowest BCUT2D eigenvalue weighted by molar-refractivity contribution is -0.116. The fourth-order valence-electron chi connectivity index (χ4n) is 2.59. The molecule has 29 heavy (non-hydrogen) atoms. The van der Waals surface area contributed by atoms with Crippen molar-refractivity contribution in [1.82, 2.24) is 10.3 Å². The van der Waals surface area contributed by atoms with Crippen molar-refractivity contribution < 1.29 is 14.3 Å². The minimum Gasteiger partial charge on any atom is -0.491 e. The number of hydrogen-bond donors (Lipinski definition) is 1. The van der Waals surface area contributed by atoms with Crippen LogP contribution >= 0.6 is 11.3 Å². The van der Waals surface area contributed by atoms with Crippen molar-refractivity contribution in [3.05, 3.63) is 81.8 Å². The summed E-state index contributed by atoms with van der Waals surface area (Å²) in [5, 5.41) is 5.84. The number of ether oxygens (including phenoxy) is 2. The molecule has 6 heteroatoms. The summed E-state index contributed by atoms with van der Waals surface area (Å²) in [7, 11) is 0. The molecule has 5 nitrogen and oxygen atoms in total. The average molecular weight is 409 g/mol. The molecule has 2 aromatic carbocycles. The minimum atomic E-state index is -0.155. The van der Waals surface area contributed by atoms with E-state index in [1.165, 1.54) is 6.08 Å². The second-order valence-electron chi connectivity index (χ2n) is 6.45. The normalized spacial score (nSPS) is 10.8. The second-order valence-corrected chi connectivity index (χ2v) is 7.52. The van der Waals surface area contributed by atoms with Gasteiger partial charge in [-0.25, -0.2) is 4.98 Å². The molecule has 1 aromatic heterocycles. The molecule has 0 bridgehead atoms. The molecule has 0 radical (unpaired) electrons. The van der Waals surface area contributed by atoms with Gasteiger partial charge in [0.05, 0.1) is 17.2 Å². The number of carbonyl (C=O) groups is 1. The molecule has 1 amide bonds. The van der Waals surface area contributed by atoms with Crippen molar-refractivity contribution >= 4 is 23.3 Å². The van der Waals surface area contributed by atoms with Crippen molar-refractivity contribution in [3.63, 3.8) is 0 Å². The number of carbonyl (C=O) groups excluding carboxylic acids is 1. The Kier molecular flexibility index (Phi) is 7.41. The highest BCUT2D eigenvalue weighted by atomic mass is 32.1. The molecule has 0 spiro atoms. The Bertz CT molecular complexity index is 964. The third kappa shape index (κ3) is 6.76. The maximum absolute atomic E-state index is 11.9. The van der Waals surface area contributed by atoms with Crippen LogP contribution in [0.2, 0.25) is 0 Å². The molecular weight excluding hydrogens is 384 g/mol. The Morgan fingerprint density at radius 3 is 2.62 bits per heavy atom. The van der Waals surface area contributed by atoms with E-state index >= 15 is 0 Å². The summed E-state index contributed by atoms with van der Waals surface area (Å²) < 4.78 is 11.4. The third-order valence-corrected chi connectivity index (χ3v) is 4.94. The van der Waals surface area contributed by atoms with Crippen LogP contribution in [-0.2, 0) is 11.4 Å². The lowest BCUT2D eigenvalue weighted by Crippen LogP contribution is -2.26. The maximum atomic E-state index is 11.9. The van der Waals surface area contributed by atoms with Crippen molar-refractivity contribution in [3.8, 4) is 11.5 Å². The van der Waals surface area contributed by atoms with Crippen LogP contribution < -0.4 is 14.8 Å². The van der Waals surface area contributed by atoms with Crippen LogP contribution in [0.4, 0.5) is 0 Å². The number of benzene rings is 2. The largest absolute Gasteiger partial charge is 0.491 e. The first-order chi connectivity index (χ1) is 14.1. The molecule has 0 aliphatic carbocycles. The van der Waals surface area contributed by atoms with E-state index in [2.05, 4.69) is 10.3 Å². The van der Waals surface area contributed by atoms with Gasteiger partial charge in [0, 0.05) is 11.5 Å². The van der Waals surface area contributed by atoms with E-state index in [0.717, 1.165) is 33.3 Å². The lowest BCUT2D eigenvalue weighted by atomic mass is 10.2. The first-order valence-electron chi connectivity index (χ1n) is 9.38. The summed E-state index contributed by atoms with van der Waals surface area (Å²) >= 11 is 1.61. The van der Waals surface area contributed by atoms with E-state index in [1.54, 1.807) is 17.4 Å². The maximum Gasteiger partial charge on any atom is 0.244 e. The molecule has 150 valence electrons. The Morgan fingerprint density at radius 1 is 1.10 bits per heavy atom. The molecular formula is C23H24N2O3S. The predicted octanol–water partition coefficient (Wildman–Crippen LogP) is 4.55. The topological polar surface area (TPSA) is 60.5 Å². The number of nitrogens with zero attached hydrogens (tertiary/aromatic N) is 1. The molecule has 3 aromatic rings. The highest BCUT2D eigenvalue weighted by Crippen LogP contribution is 2.17. The Hall–Kier alpha value is -3.12. The number of nitrogens with one attached hydrogen (secondary N) is 1. The quantitative estimate of drug-likeness (QED) is 0.417. The van der Waals surface area contributed by atoms with Gasteiger partial charge in [-0.05, 0) is 49.2 Å². The van der Waals surface area contributed by atoms with E-state index < -0.39 is 0 Å². The van der Waals surface area contributed by atoms with Crippen LogP contribution in [0.1, 0.15) is 21.8 Å². The van der Waals surface area contributed by atoms with E-state index in [1.807, 2.05) is 67.8 Å². The standard InChI is InChI=1S/C23H24N2O3S/c1-17-5-3-4-6-22(17)27-14-13-24-23(26)12-9-19-7-10-21(11-8-19)28-15-20-16-29-18(2)25-20/h3-12,16H,13-15H2,1-2H3,(H,24,26)/b12-9+. The van der Waals surface area contributed by atoms with Gasteiger partial charge in [-0.15, -0.1) is 11.3 Å². The second kappa shape index (κ2) is 10.4. The summed E-state index contributed by atoms with van der Waals surface area (Å²) in [6.07, 6.45) is 3.28. The fraction of sp³-hybridized carbons (Fsp3) is 0.217. The van der Waals surface area contributed by atoms with Crippen LogP contribution in [0.3, 0.4) is 0 Å². The van der Waals surface area contributed by atoms with Gasteiger partial charge in [-0.3, -0.25) is 4.79 Å². The van der Waals surface area contributed by atoms with Crippen molar-refractivity contribution in [2.24, 2.45) is 0 Å². The highest BCUT2D eigenvalue weighted by molar-refractivity contribution is 7.09. The summed E-state index contributed by atoms with van der Waals surface area (Å²) in [6.45, 7) is 5.29. The van der Waals surface area contributed by atoms with Gasteiger partial charge < -0.3 is 14.8 Å². The van der Waals surface area contributed by atoms with Gasteiger partial charge in [0.2, 0.25) is 5.91 Å². The lowest BCUT2D eigenvalue weighted by Gasteiger charge is -2.08. The van der Waals surface area contributed by atoms with Crippen LogP contribution in [-0.4, -0.2) is 24.0 Å². The Labute approximate surface area is 175 Å². The predicted molar refractivity (Wildman–Crippen MR) is 116 cm³/mol. The molecule has 3 rings (SSSR count). The first-order valence-corrected chi connectivity index (χ1v) is 10.3. The minimum absolute atomic E-state index is 0.155. The molecule has 0 aliphatic heterocycles. The molecule has 0 saturated carbocycles. The smallest absolute Gasteiger partial charge is 0.244 e. The van der Waals surface area contributed by atoms with E-state index in [9.17, 15) is 4.79 Å². The van der Waals surface area contributed by atoms with E-state index in [-0.39, 0.29) is 5.91 Å². The van der Waals surface area contributed by atoms with Gasteiger partial charge >= 0.3 is 0 Å². The van der Waals surface area contributed by atoms with Crippen LogP contribution in [0.25, 0.3) is 6.08 Å². The first kappa shape index (κ1) is 20.6. The van der Waals surface area contributed by atoms with Crippen LogP contribution in [0, 0.1) is 13.8 Å². The van der Waals surface area contributed by atoms with Gasteiger partial charge in [0.1, 0.15) is 24.7 Å². The zero-order valence-electron chi connectivity index (χ0n) is 16.6. The van der Waals surface area contributed by atoms with E-state index in [0.29, 0.717) is 19.8 Å². The number of amides is 1. The Morgan fingerprint density at radius 2 is 1.90 bits per heavy atom. The van der Waals surface area contributed by atoms with Gasteiger partial charge in [0.25, 0.3) is 0 Å². The summed E-state index contributed by atoms with van der Waals surface area (Å²) in [5.74, 6) is 1.45. The fourth-order valence-corrected chi connectivity index (χ4v) is 3.19.